The van der Waals surface area contributed by atoms with E-state index >= 15 is 0 Å². The Morgan fingerprint density at radius 1 is 1.64 bits per heavy atom. The molecule has 1 N–H and O–H groups in total. The van der Waals surface area contributed by atoms with E-state index in [1.54, 1.807) is 12.2 Å². The zero-order chi connectivity index (χ0) is 7.84. The van der Waals surface area contributed by atoms with Gasteiger partial charge in [-0.15, -0.1) is 0 Å². The van der Waals surface area contributed by atoms with Gasteiger partial charge in [0.2, 0.25) is 0 Å². The summed E-state index contributed by atoms with van der Waals surface area (Å²) in [7, 11) is 0. The summed E-state index contributed by atoms with van der Waals surface area (Å²) >= 11 is 0. The number of rotatable bonds is 0. The lowest BCUT2D eigenvalue weighted by Gasteiger charge is -2.17. The highest BCUT2D eigenvalue weighted by Gasteiger charge is 2.27. The quantitative estimate of drug-likeness (QED) is 0.429. The van der Waals surface area contributed by atoms with Crippen LogP contribution in [0, 0.1) is 11.1 Å². The van der Waals surface area contributed by atoms with Crippen molar-refractivity contribution in [2.45, 2.75) is 6.42 Å². The Balaban J connectivity index is 2.35. The summed E-state index contributed by atoms with van der Waals surface area (Å²) in [5.74, 6) is -0.557. The smallest absolute Gasteiger partial charge is 0.142 e. The zero-order valence-corrected chi connectivity index (χ0v) is 5.78. The predicted molar refractivity (Wildman–Crippen MR) is 37.1 cm³/mol. The molecule has 2 atom stereocenters. The van der Waals surface area contributed by atoms with E-state index in [0.717, 1.165) is 0 Å². The van der Waals surface area contributed by atoms with Gasteiger partial charge < -0.3 is 10.3 Å². The third kappa shape index (κ3) is 0.875. The maximum absolute atomic E-state index is 11.0. The van der Waals surface area contributed by atoms with Crippen molar-refractivity contribution in [3.05, 3.63) is 29.1 Å². The third-order valence-corrected chi connectivity index (χ3v) is 1.92. The molecular formula is C7H7N2O2-. The molecule has 4 nitrogen and oxygen atoms in total. The van der Waals surface area contributed by atoms with Crippen molar-refractivity contribution in [2.24, 2.45) is 11.0 Å². The highest BCUT2D eigenvalue weighted by molar-refractivity contribution is 5.78. The zero-order valence-electron chi connectivity index (χ0n) is 5.78. The standard InChI is InChI=1S/C7H8N2O2/c10-7-5-3-1-2-4-6(5)9(11)8-7/h1-2,4-5,9H,3H2,(H,8,10)/p-1. The topological polar surface area (TPSA) is 62.9 Å². The van der Waals surface area contributed by atoms with Gasteiger partial charge in [0.1, 0.15) is 5.70 Å². The second kappa shape index (κ2) is 2.18. The molecule has 2 unspecified atom stereocenters. The maximum atomic E-state index is 11.0. The SMILES string of the molecule is [O-]C1=N[NH+]([O-])C2=CC=CCC21. The van der Waals surface area contributed by atoms with Crippen molar-refractivity contribution in [2.75, 3.05) is 0 Å². The fourth-order valence-electron chi connectivity index (χ4n) is 1.33. The molecule has 0 bridgehead atoms. The molecule has 1 aliphatic carbocycles. The van der Waals surface area contributed by atoms with Crippen molar-refractivity contribution in [1.82, 2.24) is 0 Å². The Bertz CT molecular complexity index is 268. The summed E-state index contributed by atoms with van der Waals surface area (Å²) in [4.78, 5) is 0. The van der Waals surface area contributed by atoms with Gasteiger partial charge in [0.05, 0.1) is 5.92 Å². The molecule has 58 valence electrons. The molecule has 0 amide bonds. The van der Waals surface area contributed by atoms with Crippen LogP contribution in [0.1, 0.15) is 6.42 Å². The Morgan fingerprint density at radius 2 is 2.45 bits per heavy atom. The van der Waals surface area contributed by atoms with Gasteiger partial charge in [0, 0.05) is 5.90 Å². The van der Waals surface area contributed by atoms with Gasteiger partial charge in [-0.2, -0.15) is 0 Å². The van der Waals surface area contributed by atoms with Crippen molar-refractivity contribution in [3.8, 4) is 0 Å². The molecule has 1 aliphatic heterocycles. The molecular weight excluding hydrogens is 144 g/mol. The van der Waals surface area contributed by atoms with Crippen LogP contribution in [0.4, 0.5) is 0 Å². The molecule has 0 saturated carbocycles. The molecule has 11 heavy (non-hydrogen) atoms. The van der Waals surface area contributed by atoms with E-state index in [0.29, 0.717) is 12.1 Å². The van der Waals surface area contributed by atoms with Crippen LogP contribution in [0.2, 0.25) is 0 Å². The first-order valence-corrected chi connectivity index (χ1v) is 3.45. The third-order valence-electron chi connectivity index (χ3n) is 1.92. The van der Waals surface area contributed by atoms with Crippen molar-refractivity contribution in [3.63, 3.8) is 0 Å². The average Bonchev–Trinajstić information content (AvgIpc) is 2.30. The highest BCUT2D eigenvalue weighted by Crippen LogP contribution is 2.18. The molecule has 1 heterocycles. The van der Waals surface area contributed by atoms with E-state index in [4.69, 9.17) is 0 Å². The fraction of sp³-hybridized carbons (Fsp3) is 0.286. The minimum Gasteiger partial charge on any atom is -0.857 e. The number of hydroxylamine groups is 1. The van der Waals surface area contributed by atoms with Gasteiger partial charge in [-0.25, -0.2) is 5.17 Å². The van der Waals surface area contributed by atoms with E-state index in [9.17, 15) is 10.3 Å². The number of fused-ring (bicyclic) bond motifs is 1. The van der Waals surface area contributed by atoms with E-state index in [2.05, 4.69) is 5.10 Å². The number of hydrogen-bond donors (Lipinski definition) is 1. The lowest BCUT2D eigenvalue weighted by atomic mass is 9.98. The second-order valence-corrected chi connectivity index (χ2v) is 2.59. The Labute approximate surface area is 63.7 Å². The molecule has 0 radical (unpaired) electrons. The minimum atomic E-state index is -0.357. The summed E-state index contributed by atoms with van der Waals surface area (Å²) in [6.45, 7) is 0. The van der Waals surface area contributed by atoms with Crippen LogP contribution < -0.4 is 10.3 Å². The van der Waals surface area contributed by atoms with Crippen LogP contribution in [0.15, 0.2) is 29.0 Å². The fourth-order valence-corrected chi connectivity index (χ4v) is 1.33. The molecule has 0 spiro atoms. The summed E-state index contributed by atoms with van der Waals surface area (Å²) < 4.78 is 0. The molecule has 0 aromatic carbocycles. The van der Waals surface area contributed by atoms with Gasteiger partial charge in [-0.3, -0.25) is 0 Å². The number of nitrogens with zero attached hydrogens (tertiary/aromatic N) is 1. The number of allylic oxidation sites excluding steroid dienone is 3. The van der Waals surface area contributed by atoms with E-state index in [-0.39, 0.29) is 17.0 Å². The highest BCUT2D eigenvalue weighted by atomic mass is 16.5. The number of nitrogens with one attached hydrogen (secondary N) is 1. The first kappa shape index (κ1) is 6.57. The van der Waals surface area contributed by atoms with E-state index in [1.165, 1.54) is 0 Å². The molecule has 0 aromatic heterocycles. The summed E-state index contributed by atoms with van der Waals surface area (Å²) in [5, 5.41) is 24.9. The second-order valence-electron chi connectivity index (χ2n) is 2.59. The number of hydrogen-bond acceptors (Lipinski definition) is 3. The monoisotopic (exact) mass is 151 g/mol. The van der Waals surface area contributed by atoms with Crippen molar-refractivity contribution in [1.29, 1.82) is 0 Å². The molecule has 2 rings (SSSR count). The average molecular weight is 151 g/mol. The van der Waals surface area contributed by atoms with Crippen LogP contribution in [0.5, 0.6) is 0 Å². The van der Waals surface area contributed by atoms with E-state index in [1.807, 2.05) is 6.08 Å². The molecule has 4 heteroatoms. The van der Waals surface area contributed by atoms with Crippen LogP contribution in [-0.4, -0.2) is 5.90 Å². The van der Waals surface area contributed by atoms with Crippen molar-refractivity contribution >= 4 is 5.90 Å². The van der Waals surface area contributed by atoms with Gasteiger partial charge in [0.15, 0.2) is 0 Å². The van der Waals surface area contributed by atoms with Crippen LogP contribution in [0.3, 0.4) is 0 Å². The minimum absolute atomic E-state index is 0.271. The lowest BCUT2D eigenvalue weighted by Crippen LogP contribution is -2.99. The predicted octanol–water partition coefficient (Wildman–Crippen LogP) is -1.48. The number of quaternary nitrogens is 1. The molecule has 0 fully saturated rings. The summed E-state index contributed by atoms with van der Waals surface area (Å²) in [6.07, 6.45) is 5.96. The Hall–Kier alpha value is -1.13. The normalized spacial score (nSPS) is 34.6. The molecule has 0 aromatic rings. The molecule has 0 saturated heterocycles. The lowest BCUT2D eigenvalue weighted by molar-refractivity contribution is -0.811. The van der Waals surface area contributed by atoms with Crippen LogP contribution in [0.25, 0.3) is 0 Å². The largest absolute Gasteiger partial charge is 0.857 e. The van der Waals surface area contributed by atoms with Crippen LogP contribution >= 0.6 is 0 Å². The van der Waals surface area contributed by atoms with Gasteiger partial charge >= 0.3 is 0 Å². The van der Waals surface area contributed by atoms with Gasteiger partial charge in [0.25, 0.3) is 0 Å². The first-order valence-electron chi connectivity index (χ1n) is 3.45. The van der Waals surface area contributed by atoms with Crippen molar-refractivity contribution < 1.29 is 10.3 Å². The van der Waals surface area contributed by atoms with Crippen LogP contribution in [-0.2, 0) is 0 Å². The maximum Gasteiger partial charge on any atom is 0.142 e. The summed E-state index contributed by atoms with van der Waals surface area (Å²) in [5.41, 5.74) is 0.553. The molecule has 2 aliphatic rings. The van der Waals surface area contributed by atoms with Gasteiger partial charge in [-0.05, 0) is 12.5 Å². The van der Waals surface area contributed by atoms with E-state index < -0.39 is 0 Å². The Morgan fingerprint density at radius 3 is 3.18 bits per heavy atom. The first-order chi connectivity index (χ1) is 5.29. The Kier molecular flexibility index (Phi) is 1.30. The van der Waals surface area contributed by atoms with Gasteiger partial charge in [-0.1, -0.05) is 17.3 Å². The summed E-state index contributed by atoms with van der Waals surface area (Å²) in [6, 6.07) is 0.